The molecule has 1 aliphatic rings. The van der Waals surface area contributed by atoms with Crippen LogP contribution in [0.25, 0.3) is 0 Å². The van der Waals surface area contributed by atoms with Gasteiger partial charge >= 0.3 is 5.97 Å². The Balaban J connectivity index is 2.21. The van der Waals surface area contributed by atoms with E-state index in [1.165, 1.54) is 57.8 Å². The van der Waals surface area contributed by atoms with Gasteiger partial charge in [-0.15, -0.1) is 0 Å². The molecule has 0 saturated heterocycles. The van der Waals surface area contributed by atoms with E-state index < -0.39 is 12.1 Å². The van der Waals surface area contributed by atoms with Gasteiger partial charge < -0.3 is 15.1 Å². The minimum atomic E-state index is -0.770. The third kappa shape index (κ3) is 9.24. The Hall–Kier alpha value is -1.10. The van der Waals surface area contributed by atoms with Crippen molar-refractivity contribution < 1.29 is 15.0 Å². The smallest absolute Gasteiger partial charge is 0.305 e. The van der Waals surface area contributed by atoms with Gasteiger partial charge in [-0.3, -0.25) is 9.79 Å². The van der Waals surface area contributed by atoms with Crippen LogP contribution >= 0.6 is 0 Å². The second-order valence-corrected chi connectivity index (χ2v) is 7.33. The summed E-state index contributed by atoms with van der Waals surface area (Å²) in [5, 5.41) is 19.0. The summed E-state index contributed by atoms with van der Waals surface area (Å²) in [6.45, 7) is 5.34. The van der Waals surface area contributed by atoms with Crippen LogP contribution in [0.1, 0.15) is 90.9 Å². The molecule has 2 unspecified atom stereocenters. The van der Waals surface area contributed by atoms with Crippen molar-refractivity contribution in [2.45, 2.75) is 103 Å². The molecule has 1 heterocycles. The van der Waals surface area contributed by atoms with Crippen molar-refractivity contribution in [3.63, 3.8) is 0 Å². The molecule has 25 heavy (non-hydrogen) atoms. The van der Waals surface area contributed by atoms with Crippen LogP contribution in [-0.2, 0) is 4.79 Å². The SMILES string of the molecule is CCCCCCCCCCCCC(CC(=O)O)N1CCN=C1C(C)O. The van der Waals surface area contributed by atoms with Crippen LogP contribution in [0.2, 0.25) is 0 Å². The largest absolute Gasteiger partial charge is 0.481 e. The first-order chi connectivity index (χ1) is 12.1. The molecule has 0 aromatic carbocycles. The third-order valence-corrected chi connectivity index (χ3v) is 5.02. The zero-order valence-electron chi connectivity index (χ0n) is 16.3. The Morgan fingerprint density at radius 3 is 2.16 bits per heavy atom. The lowest BCUT2D eigenvalue weighted by Gasteiger charge is -2.31. The Kier molecular flexibility index (Phi) is 11.5. The maximum atomic E-state index is 11.2. The van der Waals surface area contributed by atoms with Gasteiger partial charge in [0.2, 0.25) is 0 Å². The molecule has 2 N–H and O–H groups in total. The van der Waals surface area contributed by atoms with Crippen molar-refractivity contribution >= 4 is 11.8 Å². The van der Waals surface area contributed by atoms with Crippen LogP contribution < -0.4 is 0 Å². The van der Waals surface area contributed by atoms with Gasteiger partial charge in [0.15, 0.2) is 0 Å². The number of hydrogen-bond acceptors (Lipinski definition) is 4. The molecule has 5 heteroatoms. The van der Waals surface area contributed by atoms with Gasteiger partial charge in [-0.25, -0.2) is 0 Å². The molecule has 0 fully saturated rings. The van der Waals surface area contributed by atoms with Crippen LogP contribution in [0, 0.1) is 0 Å². The molecular formula is C20H38N2O3. The van der Waals surface area contributed by atoms with Crippen LogP contribution in [0.4, 0.5) is 0 Å². The predicted octanol–water partition coefficient (Wildman–Crippen LogP) is 4.24. The van der Waals surface area contributed by atoms with Crippen molar-refractivity contribution in [3.8, 4) is 0 Å². The first kappa shape index (κ1) is 21.9. The van der Waals surface area contributed by atoms with Crippen LogP contribution in [0.5, 0.6) is 0 Å². The highest BCUT2D eigenvalue weighted by Crippen LogP contribution is 2.19. The number of aliphatic hydroxyl groups is 1. The van der Waals surface area contributed by atoms with E-state index in [1.54, 1.807) is 6.92 Å². The van der Waals surface area contributed by atoms with E-state index in [0.29, 0.717) is 12.4 Å². The minimum Gasteiger partial charge on any atom is -0.481 e. The van der Waals surface area contributed by atoms with Gasteiger partial charge in [-0.1, -0.05) is 71.1 Å². The van der Waals surface area contributed by atoms with Gasteiger partial charge in [0.1, 0.15) is 11.9 Å². The fraction of sp³-hybridized carbons (Fsp3) is 0.900. The Morgan fingerprint density at radius 2 is 1.64 bits per heavy atom. The molecule has 0 amide bonds. The number of unbranched alkanes of at least 4 members (excludes halogenated alkanes) is 9. The first-order valence-corrected chi connectivity index (χ1v) is 10.3. The normalized spacial score (nSPS) is 16.8. The molecule has 0 aromatic heterocycles. The van der Waals surface area contributed by atoms with Gasteiger partial charge in [0.25, 0.3) is 0 Å². The van der Waals surface area contributed by atoms with Gasteiger partial charge in [0, 0.05) is 12.6 Å². The van der Waals surface area contributed by atoms with E-state index in [9.17, 15) is 15.0 Å². The molecule has 146 valence electrons. The summed E-state index contributed by atoms with van der Waals surface area (Å²) >= 11 is 0. The standard InChI is InChI=1S/C20H38N2O3/c1-3-4-5-6-7-8-9-10-11-12-13-18(16-19(24)25)22-15-14-21-20(22)17(2)23/h17-18,23H,3-16H2,1-2H3,(H,24,25). The van der Waals surface area contributed by atoms with E-state index in [-0.39, 0.29) is 12.5 Å². The molecule has 0 radical (unpaired) electrons. The van der Waals surface area contributed by atoms with E-state index in [0.717, 1.165) is 19.4 Å². The summed E-state index contributed by atoms with van der Waals surface area (Å²) in [4.78, 5) is 17.6. The van der Waals surface area contributed by atoms with Crippen molar-refractivity contribution in [1.29, 1.82) is 0 Å². The van der Waals surface area contributed by atoms with Gasteiger partial charge in [-0.05, 0) is 13.3 Å². The maximum Gasteiger partial charge on any atom is 0.305 e. The van der Waals surface area contributed by atoms with Crippen LogP contribution in [0.3, 0.4) is 0 Å². The van der Waals surface area contributed by atoms with Crippen LogP contribution in [-0.4, -0.2) is 52.2 Å². The summed E-state index contributed by atoms with van der Waals surface area (Å²) in [7, 11) is 0. The lowest BCUT2D eigenvalue weighted by Crippen LogP contribution is -2.43. The fourth-order valence-corrected chi connectivity index (χ4v) is 3.66. The lowest BCUT2D eigenvalue weighted by atomic mass is 10.0. The number of hydrogen-bond donors (Lipinski definition) is 2. The zero-order chi connectivity index (χ0) is 18.5. The number of carboxylic acids is 1. The first-order valence-electron chi connectivity index (χ1n) is 10.3. The number of aliphatic carboxylic acids is 1. The number of aliphatic imine (C=N–C) groups is 1. The molecule has 0 aromatic rings. The molecule has 0 bridgehead atoms. The highest BCUT2D eigenvalue weighted by molar-refractivity contribution is 5.88. The zero-order valence-corrected chi connectivity index (χ0v) is 16.3. The van der Waals surface area contributed by atoms with Crippen molar-refractivity contribution in [2.24, 2.45) is 4.99 Å². The molecule has 1 aliphatic heterocycles. The summed E-state index contributed by atoms with van der Waals surface area (Å²) in [6.07, 6.45) is 13.2. The minimum absolute atomic E-state index is 0.0395. The quantitative estimate of drug-likeness (QED) is 0.432. The van der Waals surface area contributed by atoms with Crippen molar-refractivity contribution in [1.82, 2.24) is 4.90 Å². The summed E-state index contributed by atoms with van der Waals surface area (Å²) in [5.74, 6) is -0.104. The molecule has 2 atom stereocenters. The monoisotopic (exact) mass is 354 g/mol. The van der Waals surface area contributed by atoms with E-state index >= 15 is 0 Å². The lowest BCUT2D eigenvalue weighted by molar-refractivity contribution is -0.138. The van der Waals surface area contributed by atoms with Crippen LogP contribution in [0.15, 0.2) is 4.99 Å². The van der Waals surface area contributed by atoms with E-state index in [2.05, 4.69) is 11.9 Å². The number of amidine groups is 1. The molecular weight excluding hydrogens is 316 g/mol. The molecule has 0 saturated carbocycles. The van der Waals surface area contributed by atoms with E-state index in [1.807, 2.05) is 4.90 Å². The summed E-state index contributed by atoms with van der Waals surface area (Å²) < 4.78 is 0. The predicted molar refractivity (Wildman–Crippen MR) is 103 cm³/mol. The molecule has 0 spiro atoms. The maximum absolute atomic E-state index is 11.2. The number of nitrogens with zero attached hydrogens (tertiary/aromatic N) is 2. The van der Waals surface area contributed by atoms with Gasteiger partial charge in [0.05, 0.1) is 13.0 Å². The highest BCUT2D eigenvalue weighted by atomic mass is 16.4. The number of rotatable bonds is 15. The second kappa shape index (κ2) is 13.2. The average molecular weight is 355 g/mol. The Morgan fingerprint density at radius 1 is 1.08 bits per heavy atom. The Bertz CT molecular complexity index is 396. The second-order valence-electron chi connectivity index (χ2n) is 7.33. The summed E-state index contributed by atoms with van der Waals surface area (Å²) in [5.41, 5.74) is 0. The Labute approximate surface area is 153 Å². The third-order valence-electron chi connectivity index (χ3n) is 5.02. The average Bonchev–Trinajstić information content (AvgIpc) is 3.05. The number of aliphatic hydroxyl groups excluding tert-OH is 1. The molecule has 5 nitrogen and oxygen atoms in total. The summed E-state index contributed by atoms with van der Waals surface area (Å²) in [6, 6.07) is -0.0395. The fourth-order valence-electron chi connectivity index (χ4n) is 3.66. The van der Waals surface area contributed by atoms with E-state index in [4.69, 9.17) is 0 Å². The number of carbonyl (C=O) groups is 1. The number of carboxylic acid groups (broad SMARTS) is 1. The van der Waals surface area contributed by atoms with Crippen molar-refractivity contribution in [2.75, 3.05) is 13.1 Å². The van der Waals surface area contributed by atoms with Gasteiger partial charge in [-0.2, -0.15) is 0 Å². The molecule has 1 rings (SSSR count). The molecule has 0 aliphatic carbocycles. The highest BCUT2D eigenvalue weighted by Gasteiger charge is 2.29. The van der Waals surface area contributed by atoms with Crippen molar-refractivity contribution in [3.05, 3.63) is 0 Å². The topological polar surface area (TPSA) is 73.1 Å².